The molecule has 0 heterocycles. The number of anilines is 1. The fourth-order valence-corrected chi connectivity index (χ4v) is 4.90. The molecular formula is C23H18ClF3N4O6S. The monoisotopic (exact) mass is 570 g/mol. The lowest BCUT2D eigenvalue weighted by atomic mass is 10.2. The zero-order chi connectivity index (χ0) is 28.1. The summed E-state index contributed by atoms with van der Waals surface area (Å²) in [6.07, 6.45) is -3.76. The number of hydrazone groups is 1. The minimum absolute atomic E-state index is 0.00379. The van der Waals surface area contributed by atoms with E-state index in [4.69, 9.17) is 16.3 Å². The molecule has 0 bridgehead atoms. The number of nitro benzene ring substituents is 1. The fraction of sp³-hybridized carbons (Fsp3) is 0.130. The number of alkyl halides is 3. The van der Waals surface area contributed by atoms with Crippen molar-refractivity contribution in [1.82, 2.24) is 5.43 Å². The van der Waals surface area contributed by atoms with Gasteiger partial charge in [0, 0.05) is 11.6 Å². The van der Waals surface area contributed by atoms with E-state index in [1.54, 1.807) is 0 Å². The lowest BCUT2D eigenvalue weighted by Crippen LogP contribution is -2.40. The number of nitrogens with one attached hydrogen (secondary N) is 1. The molecule has 15 heteroatoms. The summed E-state index contributed by atoms with van der Waals surface area (Å²) >= 11 is 6.07. The predicted octanol–water partition coefficient (Wildman–Crippen LogP) is 4.62. The molecule has 0 aliphatic rings. The van der Waals surface area contributed by atoms with Gasteiger partial charge in [-0.2, -0.15) is 18.3 Å². The first-order valence-corrected chi connectivity index (χ1v) is 12.2. The molecule has 3 aromatic carbocycles. The zero-order valence-electron chi connectivity index (χ0n) is 19.3. The Kier molecular flexibility index (Phi) is 8.58. The number of carbonyl (C=O) groups is 1. The average molecular weight is 571 g/mol. The summed E-state index contributed by atoms with van der Waals surface area (Å²) in [5, 5.41) is 14.5. The van der Waals surface area contributed by atoms with Crippen LogP contribution in [0.25, 0.3) is 0 Å². The van der Waals surface area contributed by atoms with Crippen LogP contribution >= 0.6 is 11.6 Å². The van der Waals surface area contributed by atoms with Crippen molar-refractivity contribution in [2.24, 2.45) is 5.10 Å². The predicted molar refractivity (Wildman–Crippen MR) is 133 cm³/mol. The molecule has 0 saturated heterocycles. The Balaban J connectivity index is 1.93. The second kappa shape index (κ2) is 11.5. The minimum Gasteiger partial charge on any atom is -0.490 e. The maximum atomic E-state index is 13.3. The van der Waals surface area contributed by atoms with Gasteiger partial charge in [-0.15, -0.1) is 0 Å². The number of carbonyl (C=O) groups excluding carboxylic acids is 1. The van der Waals surface area contributed by atoms with Crippen LogP contribution in [0.2, 0.25) is 5.02 Å². The van der Waals surface area contributed by atoms with Crippen molar-refractivity contribution < 1.29 is 36.0 Å². The van der Waals surface area contributed by atoms with Crippen LogP contribution in [0.5, 0.6) is 5.75 Å². The van der Waals surface area contributed by atoms with Crippen molar-refractivity contribution in [3.63, 3.8) is 0 Å². The van der Waals surface area contributed by atoms with Gasteiger partial charge in [0.25, 0.3) is 15.9 Å². The van der Waals surface area contributed by atoms with Crippen LogP contribution in [0.3, 0.4) is 0 Å². The molecule has 200 valence electrons. The molecule has 3 aromatic rings. The molecule has 0 radical (unpaired) electrons. The Morgan fingerprint density at radius 1 is 1.16 bits per heavy atom. The number of amides is 1. The third kappa shape index (κ3) is 6.58. The van der Waals surface area contributed by atoms with Gasteiger partial charge in [-0.25, -0.2) is 13.8 Å². The van der Waals surface area contributed by atoms with Gasteiger partial charge in [0.2, 0.25) is 0 Å². The van der Waals surface area contributed by atoms with Crippen LogP contribution in [0, 0.1) is 10.1 Å². The summed E-state index contributed by atoms with van der Waals surface area (Å²) in [4.78, 5) is 22.8. The summed E-state index contributed by atoms with van der Waals surface area (Å²) in [7, 11) is -3.30. The number of hydrogen-bond acceptors (Lipinski definition) is 7. The maximum Gasteiger partial charge on any atom is 0.416 e. The largest absolute Gasteiger partial charge is 0.490 e. The van der Waals surface area contributed by atoms with E-state index in [0.717, 1.165) is 18.3 Å². The maximum absolute atomic E-state index is 13.3. The zero-order valence-corrected chi connectivity index (χ0v) is 20.9. The van der Waals surface area contributed by atoms with E-state index < -0.39 is 44.8 Å². The summed E-state index contributed by atoms with van der Waals surface area (Å²) < 4.78 is 72.0. The highest BCUT2D eigenvalue weighted by Crippen LogP contribution is 2.37. The second-order valence-corrected chi connectivity index (χ2v) is 9.74. The van der Waals surface area contributed by atoms with Gasteiger partial charge in [-0.1, -0.05) is 29.8 Å². The van der Waals surface area contributed by atoms with Crippen molar-refractivity contribution in [3.8, 4) is 5.75 Å². The molecule has 0 fully saturated rings. The van der Waals surface area contributed by atoms with Gasteiger partial charge in [0.1, 0.15) is 6.54 Å². The molecule has 0 atom stereocenters. The molecule has 0 unspecified atom stereocenters. The number of nitro groups is 1. The Bertz CT molecular complexity index is 1480. The smallest absolute Gasteiger partial charge is 0.416 e. The lowest BCUT2D eigenvalue weighted by molar-refractivity contribution is -0.385. The Hall–Kier alpha value is -4.17. The van der Waals surface area contributed by atoms with Crippen molar-refractivity contribution in [2.45, 2.75) is 11.1 Å². The number of methoxy groups -OCH3 is 1. The highest BCUT2D eigenvalue weighted by atomic mass is 35.5. The van der Waals surface area contributed by atoms with E-state index in [1.165, 1.54) is 49.6 Å². The molecule has 0 spiro atoms. The van der Waals surface area contributed by atoms with E-state index in [9.17, 15) is 36.5 Å². The highest BCUT2D eigenvalue weighted by Gasteiger charge is 2.34. The van der Waals surface area contributed by atoms with E-state index in [2.05, 4.69) is 10.5 Å². The summed E-state index contributed by atoms with van der Waals surface area (Å²) in [5.74, 6) is -1.03. The molecule has 38 heavy (non-hydrogen) atoms. The van der Waals surface area contributed by atoms with E-state index in [-0.39, 0.29) is 26.9 Å². The molecule has 10 nitrogen and oxygen atoms in total. The van der Waals surface area contributed by atoms with Gasteiger partial charge < -0.3 is 4.74 Å². The number of hydrogen-bond donors (Lipinski definition) is 1. The quantitative estimate of drug-likeness (QED) is 0.227. The molecule has 1 N–H and O–H groups in total. The first-order chi connectivity index (χ1) is 17.8. The first-order valence-electron chi connectivity index (χ1n) is 10.4. The van der Waals surface area contributed by atoms with Crippen molar-refractivity contribution in [1.29, 1.82) is 0 Å². The van der Waals surface area contributed by atoms with Gasteiger partial charge in [0.15, 0.2) is 5.75 Å². The SMILES string of the molecule is COc1ccc(C=NNC(=O)CN(c2cc(C(F)(F)F)ccc2Cl)S(=O)(=O)c2ccccc2)cc1[N+](=O)[O-]. The number of rotatable bonds is 9. The molecule has 0 aliphatic heterocycles. The Labute approximate surface area is 219 Å². The van der Waals surface area contributed by atoms with Crippen molar-refractivity contribution in [2.75, 3.05) is 18.0 Å². The number of benzene rings is 3. The van der Waals surface area contributed by atoms with Gasteiger partial charge >= 0.3 is 11.9 Å². The third-order valence-electron chi connectivity index (χ3n) is 4.96. The molecule has 3 rings (SSSR count). The Morgan fingerprint density at radius 2 is 1.84 bits per heavy atom. The minimum atomic E-state index is -4.81. The van der Waals surface area contributed by atoms with Crippen molar-refractivity contribution in [3.05, 3.63) is 93.0 Å². The van der Waals surface area contributed by atoms with Gasteiger partial charge in [-0.05, 0) is 42.5 Å². The number of halogens is 4. The Morgan fingerprint density at radius 3 is 2.45 bits per heavy atom. The number of ether oxygens (including phenoxy) is 1. The van der Waals surface area contributed by atoms with E-state index >= 15 is 0 Å². The molecule has 0 aromatic heterocycles. The van der Waals surface area contributed by atoms with Gasteiger partial charge in [0.05, 0.1) is 39.4 Å². The first kappa shape index (κ1) is 28.4. The second-order valence-electron chi connectivity index (χ2n) is 7.47. The number of nitrogens with zero attached hydrogens (tertiary/aromatic N) is 3. The molecule has 0 aliphatic carbocycles. The van der Waals surface area contributed by atoms with Crippen LogP contribution in [-0.2, 0) is 21.0 Å². The summed E-state index contributed by atoms with van der Waals surface area (Å²) in [6.45, 7) is -0.988. The molecular weight excluding hydrogens is 553 g/mol. The average Bonchev–Trinajstić information content (AvgIpc) is 2.87. The highest BCUT2D eigenvalue weighted by molar-refractivity contribution is 7.92. The molecule has 0 saturated carbocycles. The van der Waals surface area contributed by atoms with Crippen LogP contribution in [0.15, 0.2) is 76.7 Å². The van der Waals surface area contributed by atoms with Crippen molar-refractivity contribution >= 4 is 45.1 Å². The lowest BCUT2D eigenvalue weighted by Gasteiger charge is -2.25. The van der Waals surface area contributed by atoms with Crippen LogP contribution < -0.4 is 14.5 Å². The van der Waals surface area contributed by atoms with E-state index in [0.29, 0.717) is 16.4 Å². The van der Waals surface area contributed by atoms with Crippen LogP contribution in [-0.4, -0.2) is 39.1 Å². The normalized spacial score (nSPS) is 11.8. The number of sulfonamides is 1. The van der Waals surface area contributed by atoms with E-state index in [1.807, 2.05) is 0 Å². The van der Waals surface area contributed by atoms with Crippen LogP contribution in [0.1, 0.15) is 11.1 Å². The topological polar surface area (TPSA) is 131 Å². The fourth-order valence-electron chi connectivity index (χ4n) is 3.17. The standard InChI is InChI=1S/C23H18ClF3N4O6S/c1-37-21-10-7-15(11-20(21)31(33)34)13-28-29-22(32)14-30(38(35,36)17-5-3-2-4-6-17)19-12-16(23(25,26)27)8-9-18(19)24/h2-13H,14H2,1H3,(H,29,32). The molecule has 1 amide bonds. The summed E-state index contributed by atoms with van der Waals surface area (Å²) in [6, 6.07) is 12.7. The van der Waals surface area contributed by atoms with Crippen LogP contribution in [0.4, 0.5) is 24.5 Å². The van der Waals surface area contributed by atoms with Gasteiger partial charge in [-0.3, -0.25) is 19.2 Å². The third-order valence-corrected chi connectivity index (χ3v) is 7.06. The summed E-state index contributed by atoms with van der Waals surface area (Å²) in [5.41, 5.74) is 0.147.